The molecule has 2 aliphatic rings. The number of carbonyl (C=O) groups excluding carboxylic acids is 2. The van der Waals surface area contributed by atoms with Crippen LogP contribution in [0.2, 0.25) is 0 Å². The van der Waals surface area contributed by atoms with Crippen molar-refractivity contribution in [1.29, 1.82) is 0 Å². The summed E-state index contributed by atoms with van der Waals surface area (Å²) < 4.78 is 18.6. The number of anilines is 1. The third-order valence-electron chi connectivity index (χ3n) is 6.63. The fourth-order valence-electron chi connectivity index (χ4n) is 4.65. The lowest BCUT2D eigenvalue weighted by atomic mass is 9.84. The van der Waals surface area contributed by atoms with Crippen LogP contribution in [0.25, 0.3) is 0 Å². The maximum absolute atomic E-state index is 13.0. The summed E-state index contributed by atoms with van der Waals surface area (Å²) in [6.45, 7) is 1.83. The maximum atomic E-state index is 13.0. The van der Waals surface area contributed by atoms with Crippen molar-refractivity contribution in [2.45, 2.75) is 82.0 Å². The molecule has 0 aliphatic heterocycles. The van der Waals surface area contributed by atoms with E-state index in [1.165, 1.54) is 12.1 Å². The third-order valence-corrected chi connectivity index (χ3v) is 6.63. The second kappa shape index (κ2) is 9.91. The van der Waals surface area contributed by atoms with E-state index in [1.54, 1.807) is 12.1 Å². The number of hydrogen-bond donors (Lipinski definition) is 4. The highest BCUT2D eigenvalue weighted by Crippen LogP contribution is 2.36. The molecule has 0 bridgehead atoms. The number of aromatic nitrogens is 2. The predicted octanol–water partition coefficient (Wildman–Crippen LogP) is 3.79. The number of nitrogens with one attached hydrogen (secondary N) is 3. The Bertz CT molecular complexity index is 965. The van der Waals surface area contributed by atoms with Gasteiger partial charge in [-0.05, 0) is 69.6 Å². The summed E-state index contributed by atoms with van der Waals surface area (Å²) in [6.07, 6.45) is 4.73. The SMILES string of the molecule is CC1(O)CCC(NC(=O)O[C@H]2CC[C@@H](c3cc(NC(=O)Cc4ccc(F)cc4)n[nH]3)C2)CC1. The predicted molar refractivity (Wildman–Crippen MR) is 120 cm³/mol. The van der Waals surface area contributed by atoms with Gasteiger partial charge in [-0.15, -0.1) is 0 Å². The van der Waals surface area contributed by atoms with E-state index in [4.69, 9.17) is 4.74 Å². The Kier molecular flexibility index (Phi) is 6.97. The molecule has 4 N–H and O–H groups in total. The Morgan fingerprint density at radius 2 is 1.94 bits per heavy atom. The summed E-state index contributed by atoms with van der Waals surface area (Å²) in [6, 6.07) is 7.67. The number of halogens is 1. The van der Waals surface area contributed by atoms with E-state index in [2.05, 4.69) is 20.8 Å². The van der Waals surface area contributed by atoms with Crippen LogP contribution in [0, 0.1) is 5.82 Å². The molecule has 2 fully saturated rings. The first-order valence-corrected chi connectivity index (χ1v) is 11.5. The summed E-state index contributed by atoms with van der Waals surface area (Å²) in [4.78, 5) is 24.5. The highest BCUT2D eigenvalue weighted by Gasteiger charge is 2.32. The fraction of sp³-hybridized carbons (Fsp3) is 0.542. The van der Waals surface area contributed by atoms with Crippen molar-refractivity contribution in [2.75, 3.05) is 5.32 Å². The number of amides is 2. The van der Waals surface area contributed by atoms with Crippen molar-refractivity contribution < 1.29 is 23.8 Å². The van der Waals surface area contributed by atoms with Gasteiger partial charge in [0.15, 0.2) is 5.82 Å². The largest absolute Gasteiger partial charge is 0.446 e. The zero-order valence-corrected chi connectivity index (χ0v) is 18.8. The van der Waals surface area contributed by atoms with Crippen molar-refractivity contribution in [3.8, 4) is 0 Å². The minimum absolute atomic E-state index is 0.0450. The number of alkyl carbamates (subject to hydrolysis) is 1. The molecule has 0 radical (unpaired) electrons. The summed E-state index contributed by atoms with van der Waals surface area (Å²) in [7, 11) is 0. The molecule has 1 aromatic heterocycles. The molecule has 178 valence electrons. The first-order chi connectivity index (χ1) is 15.8. The first-order valence-electron chi connectivity index (χ1n) is 11.5. The average molecular weight is 459 g/mol. The monoisotopic (exact) mass is 458 g/mol. The standard InChI is InChI=1S/C24H31FN4O4/c1-24(32)10-8-18(9-11-24)26-23(31)33-19-7-4-16(13-19)20-14-21(29-28-20)27-22(30)12-15-2-5-17(25)6-3-15/h2-3,5-6,14,16,18-19,32H,4,7-13H2,1H3,(H,26,31)(H2,27,28,29,30)/t16-,18?,19+,24?/m1/s1. The van der Waals surface area contributed by atoms with Gasteiger partial charge in [0, 0.05) is 23.7 Å². The molecule has 2 saturated carbocycles. The molecule has 2 amide bonds. The molecule has 2 aromatic rings. The van der Waals surface area contributed by atoms with Crippen LogP contribution in [0.15, 0.2) is 30.3 Å². The van der Waals surface area contributed by atoms with Crippen LogP contribution in [0.5, 0.6) is 0 Å². The molecule has 8 nitrogen and oxygen atoms in total. The van der Waals surface area contributed by atoms with Gasteiger partial charge in [0.05, 0.1) is 12.0 Å². The summed E-state index contributed by atoms with van der Waals surface area (Å²) in [5.41, 5.74) is 0.981. The number of nitrogens with zero attached hydrogens (tertiary/aromatic N) is 1. The molecule has 1 heterocycles. The third kappa shape index (κ3) is 6.54. The van der Waals surface area contributed by atoms with Gasteiger partial charge in [0.25, 0.3) is 0 Å². The second-order valence-corrected chi connectivity index (χ2v) is 9.51. The maximum Gasteiger partial charge on any atom is 0.407 e. The van der Waals surface area contributed by atoms with Crippen LogP contribution >= 0.6 is 0 Å². The number of H-pyrrole nitrogens is 1. The molecule has 0 saturated heterocycles. The fourth-order valence-corrected chi connectivity index (χ4v) is 4.65. The molecule has 2 aliphatic carbocycles. The highest BCUT2D eigenvalue weighted by atomic mass is 19.1. The Balaban J connectivity index is 1.21. The molecule has 0 unspecified atom stereocenters. The molecular weight excluding hydrogens is 427 g/mol. The van der Waals surface area contributed by atoms with Gasteiger partial charge in [0.2, 0.25) is 5.91 Å². The highest BCUT2D eigenvalue weighted by molar-refractivity contribution is 5.91. The van der Waals surface area contributed by atoms with E-state index in [-0.39, 0.29) is 36.2 Å². The minimum atomic E-state index is -0.635. The van der Waals surface area contributed by atoms with Gasteiger partial charge < -0.3 is 20.5 Å². The van der Waals surface area contributed by atoms with Crippen molar-refractivity contribution in [2.24, 2.45) is 0 Å². The van der Waals surface area contributed by atoms with Crippen LogP contribution in [-0.4, -0.2) is 45.1 Å². The lowest BCUT2D eigenvalue weighted by Gasteiger charge is -2.33. The molecule has 2 atom stereocenters. The van der Waals surface area contributed by atoms with Crippen molar-refractivity contribution in [1.82, 2.24) is 15.5 Å². The van der Waals surface area contributed by atoms with E-state index in [9.17, 15) is 19.1 Å². The topological polar surface area (TPSA) is 116 Å². The van der Waals surface area contributed by atoms with Gasteiger partial charge >= 0.3 is 6.09 Å². The molecule has 1 aromatic carbocycles. The zero-order chi connectivity index (χ0) is 23.4. The number of benzene rings is 1. The van der Waals surface area contributed by atoms with Crippen molar-refractivity contribution in [3.05, 3.63) is 47.4 Å². The molecule has 0 spiro atoms. The minimum Gasteiger partial charge on any atom is -0.446 e. The number of ether oxygens (including phenoxy) is 1. The number of carbonyl (C=O) groups is 2. The van der Waals surface area contributed by atoms with Crippen molar-refractivity contribution in [3.63, 3.8) is 0 Å². The Morgan fingerprint density at radius 1 is 1.21 bits per heavy atom. The molecule has 4 rings (SSSR count). The van der Waals surface area contributed by atoms with Crippen LogP contribution in [0.3, 0.4) is 0 Å². The molecule has 9 heteroatoms. The normalized spacial score (nSPS) is 27.2. The smallest absolute Gasteiger partial charge is 0.407 e. The van der Waals surface area contributed by atoms with Gasteiger partial charge in [0.1, 0.15) is 11.9 Å². The van der Waals surface area contributed by atoms with Crippen LogP contribution in [0.1, 0.15) is 69.0 Å². The quantitative estimate of drug-likeness (QED) is 0.526. The lowest BCUT2D eigenvalue weighted by Crippen LogP contribution is -2.43. The summed E-state index contributed by atoms with van der Waals surface area (Å²) >= 11 is 0. The number of aromatic amines is 1. The van der Waals surface area contributed by atoms with E-state index in [1.807, 2.05) is 13.0 Å². The van der Waals surface area contributed by atoms with E-state index in [0.717, 1.165) is 36.9 Å². The van der Waals surface area contributed by atoms with Gasteiger partial charge in [-0.1, -0.05) is 12.1 Å². The van der Waals surface area contributed by atoms with Crippen LogP contribution in [-0.2, 0) is 16.0 Å². The summed E-state index contributed by atoms with van der Waals surface area (Å²) in [5.74, 6) is 0.0408. The number of hydrogen-bond acceptors (Lipinski definition) is 5. The second-order valence-electron chi connectivity index (χ2n) is 9.51. The number of aliphatic hydroxyl groups is 1. The number of rotatable bonds is 6. The van der Waals surface area contributed by atoms with Gasteiger partial charge in [-0.25, -0.2) is 9.18 Å². The van der Waals surface area contributed by atoms with E-state index < -0.39 is 11.7 Å². The van der Waals surface area contributed by atoms with Gasteiger partial charge in [-0.3, -0.25) is 9.89 Å². The summed E-state index contributed by atoms with van der Waals surface area (Å²) in [5, 5.41) is 22.9. The Labute approximate surface area is 192 Å². The average Bonchev–Trinajstić information content (AvgIpc) is 3.41. The van der Waals surface area contributed by atoms with E-state index >= 15 is 0 Å². The van der Waals surface area contributed by atoms with Crippen LogP contribution < -0.4 is 10.6 Å². The van der Waals surface area contributed by atoms with Gasteiger partial charge in [-0.2, -0.15) is 5.10 Å². The van der Waals surface area contributed by atoms with Crippen molar-refractivity contribution >= 4 is 17.8 Å². The lowest BCUT2D eigenvalue weighted by molar-refractivity contribution is -0.115. The molecule has 33 heavy (non-hydrogen) atoms. The zero-order valence-electron chi connectivity index (χ0n) is 18.8. The Morgan fingerprint density at radius 3 is 2.67 bits per heavy atom. The van der Waals surface area contributed by atoms with E-state index in [0.29, 0.717) is 25.1 Å². The Hall–Kier alpha value is -2.94. The van der Waals surface area contributed by atoms with Crippen LogP contribution in [0.4, 0.5) is 15.0 Å². The molecular formula is C24H31FN4O4. The first kappa shape index (κ1) is 23.2.